The molecule has 102 valence electrons. The average Bonchev–Trinajstić information content (AvgIpc) is 3.26. The van der Waals surface area contributed by atoms with Gasteiger partial charge in [-0.25, -0.2) is 0 Å². The molecule has 3 nitrogen and oxygen atoms in total. The second-order valence-electron chi connectivity index (χ2n) is 5.73. The molecule has 2 atom stereocenters. The summed E-state index contributed by atoms with van der Waals surface area (Å²) in [5, 5.41) is 6.62. The molecule has 0 aromatic heterocycles. The summed E-state index contributed by atoms with van der Waals surface area (Å²) in [4.78, 5) is 12.1. The van der Waals surface area contributed by atoms with Crippen molar-refractivity contribution in [3.63, 3.8) is 0 Å². The quantitative estimate of drug-likeness (QED) is 0.870. The first-order valence-corrected chi connectivity index (χ1v) is 7.43. The van der Waals surface area contributed by atoms with E-state index in [4.69, 9.17) is 0 Å². The zero-order valence-corrected chi connectivity index (χ0v) is 11.3. The van der Waals surface area contributed by atoms with Crippen LogP contribution >= 0.6 is 0 Å². The molecule has 2 unspecified atom stereocenters. The SMILES string of the molecule is O=C1NCCCCC1NC(c1ccccc1)C1CC1. The van der Waals surface area contributed by atoms with Gasteiger partial charge in [0.1, 0.15) is 0 Å². The van der Waals surface area contributed by atoms with Gasteiger partial charge in [0.15, 0.2) is 0 Å². The highest BCUT2D eigenvalue weighted by Gasteiger charge is 2.35. The van der Waals surface area contributed by atoms with Crippen LogP contribution < -0.4 is 10.6 Å². The van der Waals surface area contributed by atoms with Gasteiger partial charge in [-0.3, -0.25) is 10.1 Å². The van der Waals surface area contributed by atoms with E-state index in [1.54, 1.807) is 0 Å². The maximum atomic E-state index is 12.1. The Kier molecular flexibility index (Phi) is 3.83. The van der Waals surface area contributed by atoms with Crippen molar-refractivity contribution in [3.05, 3.63) is 35.9 Å². The number of rotatable bonds is 4. The van der Waals surface area contributed by atoms with Gasteiger partial charge in [0.25, 0.3) is 0 Å². The maximum absolute atomic E-state index is 12.1. The fourth-order valence-electron chi connectivity index (χ4n) is 2.91. The van der Waals surface area contributed by atoms with E-state index >= 15 is 0 Å². The number of amides is 1. The Hall–Kier alpha value is -1.35. The number of hydrogen-bond donors (Lipinski definition) is 2. The van der Waals surface area contributed by atoms with E-state index in [0.29, 0.717) is 12.0 Å². The highest BCUT2D eigenvalue weighted by Crippen LogP contribution is 2.41. The van der Waals surface area contributed by atoms with Gasteiger partial charge in [-0.05, 0) is 43.6 Å². The molecule has 1 saturated heterocycles. The van der Waals surface area contributed by atoms with Crippen molar-refractivity contribution in [1.29, 1.82) is 0 Å². The molecule has 2 fully saturated rings. The van der Waals surface area contributed by atoms with Crippen LogP contribution in [-0.2, 0) is 4.79 Å². The summed E-state index contributed by atoms with van der Waals surface area (Å²) >= 11 is 0. The summed E-state index contributed by atoms with van der Waals surface area (Å²) in [7, 11) is 0. The van der Waals surface area contributed by atoms with Crippen LogP contribution in [0, 0.1) is 5.92 Å². The second-order valence-corrected chi connectivity index (χ2v) is 5.73. The molecule has 1 amide bonds. The fourth-order valence-corrected chi connectivity index (χ4v) is 2.91. The van der Waals surface area contributed by atoms with Crippen LogP contribution in [0.5, 0.6) is 0 Å². The Bertz CT molecular complexity index is 428. The highest BCUT2D eigenvalue weighted by atomic mass is 16.2. The van der Waals surface area contributed by atoms with Crippen molar-refractivity contribution >= 4 is 5.91 Å². The van der Waals surface area contributed by atoms with Crippen LogP contribution in [0.2, 0.25) is 0 Å². The molecule has 3 heteroatoms. The Morgan fingerprint density at radius 3 is 2.63 bits per heavy atom. The van der Waals surface area contributed by atoms with Gasteiger partial charge in [-0.1, -0.05) is 30.3 Å². The van der Waals surface area contributed by atoms with E-state index in [9.17, 15) is 4.79 Å². The molecule has 2 N–H and O–H groups in total. The van der Waals surface area contributed by atoms with Gasteiger partial charge in [0.2, 0.25) is 5.91 Å². The highest BCUT2D eigenvalue weighted by molar-refractivity contribution is 5.82. The molecule has 1 heterocycles. The van der Waals surface area contributed by atoms with E-state index in [1.165, 1.54) is 18.4 Å². The first-order valence-electron chi connectivity index (χ1n) is 7.43. The molecule has 1 aromatic rings. The third kappa shape index (κ3) is 3.16. The minimum atomic E-state index is -0.0201. The smallest absolute Gasteiger partial charge is 0.237 e. The summed E-state index contributed by atoms with van der Waals surface area (Å²) in [6, 6.07) is 10.9. The van der Waals surface area contributed by atoms with Gasteiger partial charge < -0.3 is 5.32 Å². The number of carbonyl (C=O) groups is 1. The molecule has 0 spiro atoms. The Morgan fingerprint density at radius 2 is 1.89 bits per heavy atom. The monoisotopic (exact) mass is 258 g/mol. The van der Waals surface area contributed by atoms with Crippen molar-refractivity contribution in [2.24, 2.45) is 5.92 Å². The number of nitrogens with one attached hydrogen (secondary N) is 2. The van der Waals surface area contributed by atoms with Crippen LogP contribution in [0.3, 0.4) is 0 Å². The summed E-state index contributed by atoms with van der Waals surface area (Å²) in [5.74, 6) is 0.887. The van der Waals surface area contributed by atoms with E-state index in [-0.39, 0.29) is 11.9 Å². The lowest BCUT2D eigenvalue weighted by Gasteiger charge is -2.24. The molecule has 1 aliphatic carbocycles. The summed E-state index contributed by atoms with van der Waals surface area (Å²) < 4.78 is 0. The van der Waals surface area contributed by atoms with Crippen molar-refractivity contribution in [1.82, 2.24) is 10.6 Å². The molecular weight excluding hydrogens is 236 g/mol. The summed E-state index contributed by atoms with van der Waals surface area (Å²) in [5.41, 5.74) is 1.32. The van der Waals surface area contributed by atoms with Gasteiger partial charge in [0.05, 0.1) is 6.04 Å². The third-order valence-electron chi connectivity index (χ3n) is 4.17. The molecule has 3 rings (SSSR count). The van der Waals surface area contributed by atoms with Crippen LogP contribution in [0.4, 0.5) is 0 Å². The minimum absolute atomic E-state index is 0.0201. The Morgan fingerprint density at radius 1 is 1.11 bits per heavy atom. The summed E-state index contributed by atoms with van der Waals surface area (Å²) in [6.45, 7) is 0.830. The van der Waals surface area contributed by atoms with E-state index in [2.05, 4.69) is 34.9 Å². The normalized spacial score (nSPS) is 25.5. The molecular formula is C16H22N2O. The maximum Gasteiger partial charge on any atom is 0.237 e. The lowest BCUT2D eigenvalue weighted by atomic mass is 10.00. The molecule has 1 aliphatic heterocycles. The van der Waals surface area contributed by atoms with Gasteiger partial charge >= 0.3 is 0 Å². The van der Waals surface area contributed by atoms with Crippen molar-refractivity contribution in [3.8, 4) is 0 Å². The number of hydrogen-bond acceptors (Lipinski definition) is 2. The molecule has 1 aromatic carbocycles. The Balaban J connectivity index is 1.72. The van der Waals surface area contributed by atoms with Crippen LogP contribution in [-0.4, -0.2) is 18.5 Å². The van der Waals surface area contributed by atoms with Crippen molar-refractivity contribution in [2.75, 3.05) is 6.54 Å². The topological polar surface area (TPSA) is 41.1 Å². The van der Waals surface area contributed by atoms with E-state index in [1.807, 2.05) is 6.07 Å². The number of benzene rings is 1. The number of carbonyl (C=O) groups excluding carboxylic acids is 1. The predicted molar refractivity (Wildman–Crippen MR) is 75.7 cm³/mol. The predicted octanol–water partition coefficient (Wildman–Crippen LogP) is 2.40. The zero-order chi connectivity index (χ0) is 13.1. The fraction of sp³-hybridized carbons (Fsp3) is 0.562. The largest absolute Gasteiger partial charge is 0.355 e. The van der Waals surface area contributed by atoms with Crippen LogP contribution in [0.15, 0.2) is 30.3 Å². The van der Waals surface area contributed by atoms with E-state index < -0.39 is 0 Å². The van der Waals surface area contributed by atoms with Gasteiger partial charge in [0, 0.05) is 12.6 Å². The first-order chi connectivity index (χ1) is 9.34. The second kappa shape index (κ2) is 5.74. The average molecular weight is 258 g/mol. The molecule has 0 radical (unpaired) electrons. The van der Waals surface area contributed by atoms with Crippen molar-refractivity contribution in [2.45, 2.75) is 44.2 Å². The lowest BCUT2D eigenvalue weighted by Crippen LogP contribution is -2.44. The minimum Gasteiger partial charge on any atom is -0.355 e. The lowest BCUT2D eigenvalue weighted by molar-refractivity contribution is -0.123. The van der Waals surface area contributed by atoms with Gasteiger partial charge in [-0.2, -0.15) is 0 Å². The molecule has 19 heavy (non-hydrogen) atoms. The van der Waals surface area contributed by atoms with E-state index in [0.717, 1.165) is 25.8 Å². The van der Waals surface area contributed by atoms with Gasteiger partial charge in [-0.15, -0.1) is 0 Å². The Labute approximate surface area is 114 Å². The third-order valence-corrected chi connectivity index (χ3v) is 4.17. The summed E-state index contributed by atoms with van der Waals surface area (Å²) in [6.07, 6.45) is 5.75. The first kappa shape index (κ1) is 12.7. The van der Waals surface area contributed by atoms with Crippen LogP contribution in [0.1, 0.15) is 43.7 Å². The molecule has 1 saturated carbocycles. The van der Waals surface area contributed by atoms with Crippen molar-refractivity contribution < 1.29 is 4.79 Å². The standard InChI is InChI=1S/C16H22N2O/c19-16-14(8-4-5-11-17-16)18-15(13-9-10-13)12-6-2-1-3-7-12/h1-3,6-7,13-15,18H,4-5,8-11H2,(H,17,19). The zero-order valence-electron chi connectivity index (χ0n) is 11.3. The molecule has 2 aliphatic rings. The molecule has 0 bridgehead atoms. The van der Waals surface area contributed by atoms with Crippen LogP contribution in [0.25, 0.3) is 0 Å².